The van der Waals surface area contributed by atoms with E-state index in [0.717, 1.165) is 30.9 Å². The molecule has 1 saturated carbocycles. The molecular formula is C14H23N5OS. The minimum Gasteiger partial charge on any atom is -0.382 e. The van der Waals surface area contributed by atoms with Gasteiger partial charge in [-0.05, 0) is 56.7 Å². The molecule has 1 aliphatic carbocycles. The topological polar surface area (TPSA) is 83.3 Å². The lowest BCUT2D eigenvalue weighted by molar-refractivity contribution is 0.0953. The van der Waals surface area contributed by atoms with Gasteiger partial charge in [0.25, 0.3) is 5.91 Å². The predicted molar refractivity (Wildman–Crippen MR) is 85.7 cm³/mol. The number of hydrogen-bond donors (Lipinski definition) is 3. The fourth-order valence-electron chi connectivity index (χ4n) is 2.80. The van der Waals surface area contributed by atoms with Crippen LogP contribution in [0.1, 0.15) is 36.0 Å². The molecule has 6 nitrogen and oxygen atoms in total. The van der Waals surface area contributed by atoms with E-state index in [2.05, 4.69) is 27.0 Å². The molecule has 2 heterocycles. The Labute approximate surface area is 129 Å². The minimum atomic E-state index is -0.0907. The van der Waals surface area contributed by atoms with Gasteiger partial charge >= 0.3 is 0 Å². The van der Waals surface area contributed by atoms with E-state index < -0.39 is 0 Å². The molecule has 1 aromatic heterocycles. The number of piperidine rings is 1. The van der Waals surface area contributed by atoms with Gasteiger partial charge in [-0.15, -0.1) is 0 Å². The van der Waals surface area contributed by atoms with Gasteiger partial charge in [-0.3, -0.25) is 4.79 Å². The zero-order valence-corrected chi connectivity index (χ0v) is 13.2. The zero-order chi connectivity index (χ0) is 14.8. The lowest BCUT2D eigenvalue weighted by atomic mass is 9.98. The number of amides is 1. The fourth-order valence-corrected chi connectivity index (χ4v) is 3.52. The van der Waals surface area contributed by atoms with Crippen LogP contribution in [0.2, 0.25) is 0 Å². The number of nitrogen functional groups attached to an aromatic ring is 1. The third kappa shape index (κ3) is 3.65. The number of rotatable bonds is 5. The van der Waals surface area contributed by atoms with Crippen molar-refractivity contribution in [2.24, 2.45) is 5.92 Å². The maximum Gasteiger partial charge on any atom is 0.258 e. The van der Waals surface area contributed by atoms with Gasteiger partial charge in [-0.1, -0.05) is 0 Å². The minimum absolute atomic E-state index is 0.0907. The van der Waals surface area contributed by atoms with Crippen LogP contribution >= 0.6 is 11.5 Å². The second-order valence-electron chi connectivity index (χ2n) is 6.17. The molecule has 1 atom stereocenters. The monoisotopic (exact) mass is 309 g/mol. The molecule has 1 amide bonds. The first kappa shape index (κ1) is 14.6. The number of nitrogens with two attached hydrogens (primary N) is 1. The Kier molecular flexibility index (Phi) is 4.30. The standard InChI is InChI=1S/C14H23N5OS/c1-19-6-2-3-9(8-19)7-16-14-11(12(15)18-21-14)13(20)17-10-4-5-10/h9-10,16H,2-8H2,1H3,(H2,15,18)(H,17,20). The molecule has 4 N–H and O–H groups in total. The number of carbonyl (C=O) groups excluding carboxylic acids is 1. The Morgan fingerprint density at radius 3 is 3.00 bits per heavy atom. The number of hydrogen-bond acceptors (Lipinski definition) is 6. The quantitative estimate of drug-likeness (QED) is 0.765. The van der Waals surface area contributed by atoms with Crippen molar-refractivity contribution in [1.29, 1.82) is 0 Å². The highest BCUT2D eigenvalue weighted by Gasteiger charge is 2.27. The Morgan fingerprint density at radius 1 is 1.48 bits per heavy atom. The molecule has 2 aliphatic rings. The van der Waals surface area contributed by atoms with Crippen LogP contribution in [0.15, 0.2) is 0 Å². The van der Waals surface area contributed by atoms with E-state index in [1.807, 2.05) is 0 Å². The maximum atomic E-state index is 12.2. The van der Waals surface area contributed by atoms with E-state index in [4.69, 9.17) is 5.73 Å². The first-order chi connectivity index (χ1) is 10.1. The van der Waals surface area contributed by atoms with E-state index in [0.29, 0.717) is 23.3 Å². The van der Waals surface area contributed by atoms with Crippen molar-refractivity contribution >= 4 is 28.3 Å². The Balaban J connectivity index is 1.60. The summed E-state index contributed by atoms with van der Waals surface area (Å²) in [6, 6.07) is 0.330. The second kappa shape index (κ2) is 6.19. The molecule has 3 rings (SSSR count). The maximum absolute atomic E-state index is 12.2. The molecule has 2 fully saturated rings. The van der Waals surface area contributed by atoms with Crippen molar-refractivity contribution in [3.63, 3.8) is 0 Å². The number of anilines is 2. The van der Waals surface area contributed by atoms with Gasteiger partial charge in [0.1, 0.15) is 10.6 Å². The summed E-state index contributed by atoms with van der Waals surface area (Å²) >= 11 is 1.28. The van der Waals surface area contributed by atoms with Crippen molar-refractivity contribution < 1.29 is 4.79 Å². The molecule has 1 saturated heterocycles. The number of nitrogens with one attached hydrogen (secondary N) is 2. The zero-order valence-electron chi connectivity index (χ0n) is 12.4. The van der Waals surface area contributed by atoms with Crippen LogP contribution < -0.4 is 16.4 Å². The second-order valence-corrected chi connectivity index (χ2v) is 6.94. The fraction of sp³-hybridized carbons (Fsp3) is 0.714. The summed E-state index contributed by atoms with van der Waals surface area (Å²) in [7, 11) is 2.16. The summed E-state index contributed by atoms with van der Waals surface area (Å²) in [6.45, 7) is 3.15. The van der Waals surface area contributed by atoms with Gasteiger partial charge in [0.2, 0.25) is 0 Å². The lowest BCUT2D eigenvalue weighted by Crippen LogP contribution is -2.35. The first-order valence-electron chi connectivity index (χ1n) is 7.62. The largest absolute Gasteiger partial charge is 0.382 e. The Hall–Kier alpha value is -1.34. The molecule has 0 spiro atoms. The molecule has 0 bridgehead atoms. The summed E-state index contributed by atoms with van der Waals surface area (Å²) < 4.78 is 4.13. The summed E-state index contributed by atoms with van der Waals surface area (Å²) in [6.07, 6.45) is 4.61. The molecule has 21 heavy (non-hydrogen) atoms. The van der Waals surface area contributed by atoms with Crippen LogP contribution in [0.4, 0.5) is 10.8 Å². The van der Waals surface area contributed by atoms with Gasteiger partial charge < -0.3 is 21.3 Å². The van der Waals surface area contributed by atoms with Gasteiger partial charge in [0.05, 0.1) is 0 Å². The highest BCUT2D eigenvalue weighted by molar-refractivity contribution is 7.11. The van der Waals surface area contributed by atoms with Gasteiger partial charge in [0, 0.05) is 19.1 Å². The number of likely N-dealkylation sites (tertiary alicyclic amines) is 1. The van der Waals surface area contributed by atoms with E-state index >= 15 is 0 Å². The third-order valence-electron chi connectivity index (χ3n) is 4.13. The molecule has 0 aromatic carbocycles. The molecule has 1 aliphatic heterocycles. The number of nitrogens with zero attached hydrogens (tertiary/aromatic N) is 2. The van der Waals surface area contributed by atoms with Crippen LogP contribution in [-0.4, -0.2) is 47.9 Å². The van der Waals surface area contributed by atoms with Crippen molar-refractivity contribution in [1.82, 2.24) is 14.6 Å². The van der Waals surface area contributed by atoms with Crippen molar-refractivity contribution in [2.75, 3.05) is 37.7 Å². The molecule has 116 valence electrons. The van der Waals surface area contributed by atoms with E-state index in [9.17, 15) is 4.79 Å². The highest BCUT2D eigenvalue weighted by atomic mass is 32.1. The van der Waals surface area contributed by atoms with Gasteiger partial charge in [-0.25, -0.2) is 0 Å². The number of aromatic nitrogens is 1. The van der Waals surface area contributed by atoms with Crippen molar-refractivity contribution in [3.05, 3.63) is 5.56 Å². The van der Waals surface area contributed by atoms with Gasteiger partial charge in [-0.2, -0.15) is 4.37 Å². The summed E-state index contributed by atoms with van der Waals surface area (Å²) in [4.78, 5) is 14.6. The van der Waals surface area contributed by atoms with Crippen LogP contribution in [0, 0.1) is 5.92 Å². The molecule has 7 heteroatoms. The summed E-state index contributed by atoms with van der Waals surface area (Å²) in [5.41, 5.74) is 6.38. The highest BCUT2D eigenvalue weighted by Crippen LogP contribution is 2.29. The number of carbonyl (C=O) groups is 1. The molecular weight excluding hydrogens is 286 g/mol. The average Bonchev–Trinajstić information content (AvgIpc) is 3.18. The average molecular weight is 309 g/mol. The van der Waals surface area contributed by atoms with E-state index in [-0.39, 0.29) is 5.91 Å². The Bertz CT molecular complexity index is 513. The third-order valence-corrected chi connectivity index (χ3v) is 4.95. The van der Waals surface area contributed by atoms with E-state index in [1.54, 1.807) is 0 Å². The SMILES string of the molecule is CN1CCCC(CNc2snc(N)c2C(=O)NC2CC2)C1. The van der Waals surface area contributed by atoms with Crippen LogP contribution in [0.3, 0.4) is 0 Å². The van der Waals surface area contributed by atoms with Crippen molar-refractivity contribution in [3.8, 4) is 0 Å². The predicted octanol–water partition coefficient (Wildman–Crippen LogP) is 1.37. The summed E-state index contributed by atoms with van der Waals surface area (Å²) in [5, 5.41) is 7.17. The Morgan fingerprint density at radius 2 is 2.29 bits per heavy atom. The van der Waals surface area contributed by atoms with Crippen LogP contribution in [-0.2, 0) is 0 Å². The van der Waals surface area contributed by atoms with E-state index in [1.165, 1.54) is 30.9 Å². The first-order valence-corrected chi connectivity index (χ1v) is 8.39. The molecule has 1 unspecified atom stereocenters. The van der Waals surface area contributed by atoms with Crippen LogP contribution in [0.25, 0.3) is 0 Å². The molecule has 1 aromatic rings. The lowest BCUT2D eigenvalue weighted by Gasteiger charge is -2.29. The van der Waals surface area contributed by atoms with Gasteiger partial charge in [0.15, 0.2) is 5.82 Å². The normalized spacial score (nSPS) is 23.0. The molecule has 0 radical (unpaired) electrons. The summed E-state index contributed by atoms with van der Waals surface area (Å²) in [5.74, 6) is 0.861. The van der Waals surface area contributed by atoms with Crippen molar-refractivity contribution in [2.45, 2.75) is 31.7 Å². The van der Waals surface area contributed by atoms with Crippen LogP contribution in [0.5, 0.6) is 0 Å². The smallest absolute Gasteiger partial charge is 0.258 e.